The largest absolute Gasteiger partial charge is 0.467 e. The number of esters is 1. The summed E-state index contributed by atoms with van der Waals surface area (Å²) in [6.07, 6.45) is 2.28. The van der Waals surface area contributed by atoms with E-state index in [2.05, 4.69) is 10.5 Å². The molecular formula is C17H18ClFN2O4S. The summed E-state index contributed by atoms with van der Waals surface area (Å²) in [4.78, 5) is 24.7. The van der Waals surface area contributed by atoms with E-state index < -0.39 is 23.7 Å². The highest BCUT2D eigenvalue weighted by Gasteiger charge is 2.29. The molecule has 0 spiro atoms. The summed E-state index contributed by atoms with van der Waals surface area (Å²) in [5.41, 5.74) is -0.0264. The minimum Gasteiger partial charge on any atom is -0.467 e. The highest BCUT2D eigenvalue weighted by atomic mass is 35.5. The Kier molecular flexibility index (Phi) is 7.05. The summed E-state index contributed by atoms with van der Waals surface area (Å²) >= 11 is 7.60. The maximum absolute atomic E-state index is 14.2. The van der Waals surface area contributed by atoms with Gasteiger partial charge in [-0.25, -0.2) is 9.18 Å². The first-order chi connectivity index (χ1) is 12.4. The standard InChI is InChI=1S/C17H18ClFN2O4S/c1-9-13(16(22)20-12(7-8-26-3)17(23)24-2)15(21-25-9)14-10(18)5-4-6-11(14)19/h4-6,12H,7-8H2,1-3H3,(H,20,22)/t12-/m1/s1. The van der Waals surface area contributed by atoms with Gasteiger partial charge in [0.1, 0.15) is 28.9 Å². The fourth-order valence-corrected chi connectivity index (χ4v) is 3.12. The SMILES string of the molecule is COC(=O)[C@@H](CCSC)NC(=O)c1c(-c2c(F)cccc2Cl)noc1C. The Morgan fingerprint density at radius 1 is 1.46 bits per heavy atom. The third-order valence-electron chi connectivity index (χ3n) is 3.69. The highest BCUT2D eigenvalue weighted by Crippen LogP contribution is 2.33. The van der Waals surface area contributed by atoms with Crippen molar-refractivity contribution >= 4 is 35.2 Å². The third kappa shape index (κ3) is 4.37. The van der Waals surface area contributed by atoms with Gasteiger partial charge < -0.3 is 14.6 Å². The molecule has 1 heterocycles. The number of benzene rings is 1. The zero-order valence-electron chi connectivity index (χ0n) is 14.5. The monoisotopic (exact) mass is 400 g/mol. The number of thioether (sulfide) groups is 1. The van der Waals surface area contributed by atoms with Crippen molar-refractivity contribution in [1.29, 1.82) is 0 Å². The fraction of sp³-hybridized carbons (Fsp3) is 0.353. The van der Waals surface area contributed by atoms with Crippen LogP contribution >= 0.6 is 23.4 Å². The van der Waals surface area contributed by atoms with Gasteiger partial charge in [0.2, 0.25) is 0 Å². The molecule has 2 rings (SSSR count). The maximum Gasteiger partial charge on any atom is 0.328 e. The van der Waals surface area contributed by atoms with Crippen molar-refractivity contribution < 1.29 is 23.2 Å². The Morgan fingerprint density at radius 3 is 2.81 bits per heavy atom. The zero-order valence-corrected chi connectivity index (χ0v) is 16.0. The summed E-state index contributed by atoms with van der Waals surface area (Å²) < 4.78 is 24.0. The molecule has 1 N–H and O–H groups in total. The number of aryl methyl sites for hydroxylation is 1. The molecule has 6 nitrogen and oxygen atoms in total. The van der Waals surface area contributed by atoms with Gasteiger partial charge in [0, 0.05) is 0 Å². The van der Waals surface area contributed by atoms with Crippen LogP contribution in [0.3, 0.4) is 0 Å². The lowest BCUT2D eigenvalue weighted by Gasteiger charge is -2.16. The van der Waals surface area contributed by atoms with Gasteiger partial charge in [-0.3, -0.25) is 4.79 Å². The number of methoxy groups -OCH3 is 1. The minimum atomic E-state index is -0.835. The molecule has 2 aromatic rings. The van der Waals surface area contributed by atoms with Crippen LogP contribution in [-0.4, -0.2) is 42.2 Å². The second-order valence-corrected chi connectivity index (χ2v) is 6.78. The second-order valence-electron chi connectivity index (χ2n) is 5.39. The van der Waals surface area contributed by atoms with Crippen molar-refractivity contribution in [3.05, 3.63) is 40.4 Å². The fourth-order valence-electron chi connectivity index (χ4n) is 2.39. The number of hydrogen-bond acceptors (Lipinski definition) is 6. The molecule has 1 atom stereocenters. The predicted molar refractivity (Wildman–Crippen MR) is 97.9 cm³/mol. The molecule has 0 aliphatic heterocycles. The zero-order chi connectivity index (χ0) is 19.3. The van der Waals surface area contributed by atoms with Crippen molar-refractivity contribution in [3.63, 3.8) is 0 Å². The van der Waals surface area contributed by atoms with Gasteiger partial charge in [-0.05, 0) is 37.5 Å². The maximum atomic E-state index is 14.2. The Bertz CT molecular complexity index is 792. The van der Waals surface area contributed by atoms with Crippen molar-refractivity contribution in [2.75, 3.05) is 19.1 Å². The number of aromatic nitrogens is 1. The normalized spacial score (nSPS) is 11.9. The molecule has 1 aromatic heterocycles. The molecule has 0 saturated heterocycles. The van der Waals surface area contributed by atoms with Crippen molar-refractivity contribution in [1.82, 2.24) is 10.5 Å². The van der Waals surface area contributed by atoms with Crippen LogP contribution in [0.1, 0.15) is 22.5 Å². The third-order valence-corrected chi connectivity index (χ3v) is 4.65. The van der Waals surface area contributed by atoms with Gasteiger partial charge in [-0.1, -0.05) is 22.8 Å². The number of hydrogen-bond donors (Lipinski definition) is 1. The Hall–Kier alpha value is -2.06. The lowest BCUT2D eigenvalue weighted by molar-refractivity contribution is -0.142. The van der Waals surface area contributed by atoms with Crippen molar-refractivity contribution in [3.8, 4) is 11.3 Å². The Morgan fingerprint density at radius 2 is 2.19 bits per heavy atom. The number of amides is 1. The quantitative estimate of drug-likeness (QED) is 0.717. The Balaban J connectivity index is 2.38. The van der Waals surface area contributed by atoms with E-state index in [0.29, 0.717) is 12.2 Å². The van der Waals surface area contributed by atoms with Crippen LogP contribution in [0.15, 0.2) is 22.7 Å². The smallest absolute Gasteiger partial charge is 0.328 e. The molecule has 26 heavy (non-hydrogen) atoms. The first-order valence-electron chi connectivity index (χ1n) is 7.69. The van der Waals surface area contributed by atoms with Crippen molar-refractivity contribution in [2.45, 2.75) is 19.4 Å². The van der Waals surface area contributed by atoms with Gasteiger partial charge in [-0.15, -0.1) is 0 Å². The van der Waals surface area contributed by atoms with E-state index in [1.807, 2.05) is 6.26 Å². The van der Waals surface area contributed by atoms with E-state index in [4.69, 9.17) is 20.9 Å². The van der Waals surface area contributed by atoms with Crippen molar-refractivity contribution in [2.24, 2.45) is 0 Å². The molecule has 0 aliphatic carbocycles. The van der Waals surface area contributed by atoms with Crippen LogP contribution in [0.4, 0.5) is 4.39 Å². The Labute approximate surface area is 159 Å². The topological polar surface area (TPSA) is 81.4 Å². The molecule has 0 radical (unpaired) electrons. The summed E-state index contributed by atoms with van der Waals surface area (Å²) in [5, 5.41) is 6.48. The van der Waals surface area contributed by atoms with Crippen LogP contribution < -0.4 is 5.32 Å². The van der Waals surface area contributed by atoms with E-state index in [-0.39, 0.29) is 27.6 Å². The molecule has 140 valence electrons. The molecule has 9 heteroatoms. The number of carbonyl (C=O) groups excluding carboxylic acids is 2. The number of ether oxygens (including phenoxy) is 1. The summed E-state index contributed by atoms with van der Waals surface area (Å²) in [6, 6.07) is 3.31. The van der Waals surface area contributed by atoms with Gasteiger partial charge >= 0.3 is 5.97 Å². The predicted octanol–water partition coefficient (Wildman–Crippen LogP) is 3.47. The van der Waals surface area contributed by atoms with Crippen LogP contribution in [0.2, 0.25) is 5.02 Å². The van der Waals surface area contributed by atoms with E-state index in [1.54, 1.807) is 0 Å². The van der Waals surface area contributed by atoms with Gasteiger partial charge in [0.25, 0.3) is 5.91 Å². The molecule has 1 aromatic carbocycles. The lowest BCUT2D eigenvalue weighted by Crippen LogP contribution is -2.42. The molecule has 0 bridgehead atoms. The van der Waals surface area contributed by atoms with Crippen LogP contribution in [0.5, 0.6) is 0 Å². The van der Waals surface area contributed by atoms with Gasteiger partial charge in [-0.2, -0.15) is 11.8 Å². The summed E-state index contributed by atoms with van der Waals surface area (Å²) in [5.74, 6) is -0.979. The molecule has 0 aliphatic rings. The molecule has 0 fully saturated rings. The molecular weight excluding hydrogens is 383 g/mol. The van der Waals surface area contributed by atoms with Crippen LogP contribution in [-0.2, 0) is 9.53 Å². The van der Waals surface area contributed by atoms with Gasteiger partial charge in [0.15, 0.2) is 0 Å². The summed E-state index contributed by atoms with van der Waals surface area (Å²) in [6.45, 7) is 1.52. The first-order valence-corrected chi connectivity index (χ1v) is 9.46. The number of nitrogens with one attached hydrogen (secondary N) is 1. The molecule has 0 unspecified atom stereocenters. The van der Waals surface area contributed by atoms with E-state index in [0.717, 1.165) is 0 Å². The number of nitrogens with zero attached hydrogens (tertiary/aromatic N) is 1. The number of halogens is 2. The average Bonchev–Trinajstić information content (AvgIpc) is 2.99. The molecule has 0 saturated carbocycles. The highest BCUT2D eigenvalue weighted by molar-refractivity contribution is 7.98. The molecule has 1 amide bonds. The minimum absolute atomic E-state index is 0.0171. The average molecular weight is 401 g/mol. The van der Waals surface area contributed by atoms with Crippen LogP contribution in [0.25, 0.3) is 11.3 Å². The van der Waals surface area contributed by atoms with E-state index in [9.17, 15) is 14.0 Å². The number of carbonyl (C=O) groups is 2. The lowest BCUT2D eigenvalue weighted by atomic mass is 10.0. The van der Waals surface area contributed by atoms with E-state index in [1.165, 1.54) is 44.0 Å². The number of rotatable bonds is 7. The van der Waals surface area contributed by atoms with Gasteiger partial charge in [0.05, 0.1) is 17.7 Å². The summed E-state index contributed by atoms with van der Waals surface area (Å²) in [7, 11) is 1.25. The second kappa shape index (κ2) is 9.05. The van der Waals surface area contributed by atoms with Crippen LogP contribution in [0, 0.1) is 12.7 Å². The van der Waals surface area contributed by atoms with E-state index >= 15 is 0 Å². The first kappa shape index (κ1) is 20.3.